The number of aryl methyl sites for hydroxylation is 2. The fraction of sp³-hybridized carbons (Fsp3) is 0.600. The van der Waals surface area contributed by atoms with E-state index in [4.69, 9.17) is 0 Å². The molecule has 0 bridgehead atoms. The third-order valence-electron chi connectivity index (χ3n) is 4.42. The molecule has 104 valence electrons. The van der Waals surface area contributed by atoms with Crippen LogP contribution in [0.3, 0.4) is 0 Å². The molecule has 1 aromatic carbocycles. The summed E-state index contributed by atoms with van der Waals surface area (Å²) in [5.74, 6) is 0. The fourth-order valence-corrected chi connectivity index (χ4v) is 5.02. The van der Waals surface area contributed by atoms with E-state index in [-0.39, 0.29) is 6.04 Å². The first kappa shape index (κ1) is 13.1. The van der Waals surface area contributed by atoms with Crippen molar-refractivity contribution in [1.82, 2.24) is 4.31 Å². The van der Waals surface area contributed by atoms with Gasteiger partial charge in [0.25, 0.3) is 0 Å². The standard InChI is InChI=1S/C15H21NO2S/c1-12-5-2-3-10-16(12)19(17,18)15-9-8-13-6-4-7-14(13)11-15/h8-9,11-12H,2-7,10H2,1H3. The summed E-state index contributed by atoms with van der Waals surface area (Å²) in [7, 11) is -3.30. The van der Waals surface area contributed by atoms with Crippen LogP contribution >= 0.6 is 0 Å². The van der Waals surface area contributed by atoms with E-state index >= 15 is 0 Å². The first-order valence-corrected chi connectivity index (χ1v) is 8.67. The fourth-order valence-electron chi connectivity index (χ4n) is 3.27. The molecule has 1 aliphatic carbocycles. The highest BCUT2D eigenvalue weighted by atomic mass is 32.2. The summed E-state index contributed by atoms with van der Waals surface area (Å²) in [5, 5.41) is 0. The molecule has 0 spiro atoms. The van der Waals surface area contributed by atoms with E-state index < -0.39 is 10.0 Å². The Morgan fingerprint density at radius 1 is 1.11 bits per heavy atom. The predicted octanol–water partition coefficient (Wildman–Crippen LogP) is 2.74. The van der Waals surface area contributed by atoms with Crippen LogP contribution in [0.5, 0.6) is 0 Å². The minimum absolute atomic E-state index is 0.131. The zero-order valence-corrected chi connectivity index (χ0v) is 12.2. The van der Waals surface area contributed by atoms with Gasteiger partial charge in [-0.3, -0.25) is 0 Å². The van der Waals surface area contributed by atoms with Crippen molar-refractivity contribution in [3.63, 3.8) is 0 Å². The van der Waals surface area contributed by atoms with Crippen molar-refractivity contribution in [2.75, 3.05) is 6.54 Å². The Labute approximate surface area is 115 Å². The summed E-state index contributed by atoms with van der Waals surface area (Å²) < 4.78 is 27.1. The Morgan fingerprint density at radius 3 is 2.68 bits per heavy atom. The summed E-state index contributed by atoms with van der Waals surface area (Å²) in [6.45, 7) is 2.69. The van der Waals surface area contributed by atoms with Crippen LogP contribution in [-0.2, 0) is 22.9 Å². The molecule has 2 aliphatic rings. The Hall–Kier alpha value is -0.870. The Balaban J connectivity index is 1.95. The third kappa shape index (κ3) is 2.32. The van der Waals surface area contributed by atoms with Gasteiger partial charge in [0.2, 0.25) is 10.0 Å². The molecule has 0 saturated carbocycles. The minimum atomic E-state index is -3.30. The highest BCUT2D eigenvalue weighted by Crippen LogP contribution is 2.29. The molecule has 1 aromatic rings. The Morgan fingerprint density at radius 2 is 1.89 bits per heavy atom. The van der Waals surface area contributed by atoms with Crippen molar-refractivity contribution in [2.24, 2.45) is 0 Å². The Bertz CT molecular complexity index is 580. The number of benzene rings is 1. The molecule has 3 rings (SSSR count). The van der Waals surface area contributed by atoms with Gasteiger partial charge in [0.1, 0.15) is 0 Å². The molecule has 0 N–H and O–H groups in total. The second-order valence-corrected chi connectivity index (χ2v) is 7.64. The third-order valence-corrected chi connectivity index (χ3v) is 6.43. The maximum absolute atomic E-state index is 12.7. The van der Waals surface area contributed by atoms with Crippen molar-refractivity contribution in [3.8, 4) is 0 Å². The predicted molar refractivity (Wildman–Crippen MR) is 75.7 cm³/mol. The SMILES string of the molecule is CC1CCCCN1S(=O)(=O)c1ccc2c(c1)CCC2. The van der Waals surface area contributed by atoms with E-state index in [2.05, 4.69) is 0 Å². The summed E-state index contributed by atoms with van der Waals surface area (Å²) >= 11 is 0. The second-order valence-electron chi connectivity index (χ2n) is 5.74. The lowest BCUT2D eigenvalue weighted by molar-refractivity contribution is 0.268. The maximum atomic E-state index is 12.7. The van der Waals surface area contributed by atoms with Crippen LogP contribution in [0.1, 0.15) is 43.7 Å². The lowest BCUT2D eigenvalue weighted by Gasteiger charge is -2.32. The van der Waals surface area contributed by atoms with E-state index in [1.165, 1.54) is 11.1 Å². The van der Waals surface area contributed by atoms with Crippen molar-refractivity contribution in [2.45, 2.75) is 56.4 Å². The van der Waals surface area contributed by atoms with Crippen LogP contribution in [0.4, 0.5) is 0 Å². The topological polar surface area (TPSA) is 37.4 Å². The smallest absolute Gasteiger partial charge is 0.207 e. The van der Waals surface area contributed by atoms with Gasteiger partial charge in [0.05, 0.1) is 4.90 Å². The molecule has 1 saturated heterocycles. The van der Waals surface area contributed by atoms with Gasteiger partial charge in [-0.15, -0.1) is 0 Å². The van der Waals surface area contributed by atoms with Gasteiger partial charge in [0, 0.05) is 12.6 Å². The van der Waals surface area contributed by atoms with Gasteiger partial charge in [-0.2, -0.15) is 4.31 Å². The Kier molecular flexibility index (Phi) is 3.39. The molecular weight excluding hydrogens is 258 g/mol. The van der Waals surface area contributed by atoms with E-state index in [0.717, 1.165) is 38.5 Å². The van der Waals surface area contributed by atoms with Crippen molar-refractivity contribution < 1.29 is 8.42 Å². The number of sulfonamides is 1. The van der Waals surface area contributed by atoms with E-state index in [1.54, 1.807) is 10.4 Å². The molecule has 3 nitrogen and oxygen atoms in total. The average molecular weight is 279 g/mol. The molecule has 0 aromatic heterocycles. The van der Waals surface area contributed by atoms with Crippen molar-refractivity contribution in [3.05, 3.63) is 29.3 Å². The molecule has 0 amide bonds. The second kappa shape index (κ2) is 4.91. The normalized spacial score (nSPS) is 24.4. The number of hydrogen-bond acceptors (Lipinski definition) is 2. The van der Waals surface area contributed by atoms with Crippen LogP contribution in [0.25, 0.3) is 0 Å². The van der Waals surface area contributed by atoms with Crippen LogP contribution in [0.15, 0.2) is 23.1 Å². The quantitative estimate of drug-likeness (QED) is 0.835. The van der Waals surface area contributed by atoms with Gasteiger partial charge in [-0.1, -0.05) is 12.5 Å². The van der Waals surface area contributed by atoms with E-state index in [0.29, 0.717) is 11.4 Å². The van der Waals surface area contributed by atoms with Gasteiger partial charge >= 0.3 is 0 Å². The first-order chi connectivity index (χ1) is 9.09. The van der Waals surface area contributed by atoms with Crippen LogP contribution in [-0.4, -0.2) is 25.3 Å². The largest absolute Gasteiger partial charge is 0.243 e. The highest BCUT2D eigenvalue weighted by molar-refractivity contribution is 7.89. The average Bonchev–Trinajstić information content (AvgIpc) is 2.86. The molecule has 1 fully saturated rings. The van der Waals surface area contributed by atoms with Crippen LogP contribution < -0.4 is 0 Å². The van der Waals surface area contributed by atoms with Gasteiger partial charge < -0.3 is 0 Å². The number of fused-ring (bicyclic) bond motifs is 1. The zero-order chi connectivity index (χ0) is 13.5. The zero-order valence-electron chi connectivity index (χ0n) is 11.4. The van der Waals surface area contributed by atoms with Crippen molar-refractivity contribution >= 4 is 10.0 Å². The highest BCUT2D eigenvalue weighted by Gasteiger charge is 2.31. The molecule has 19 heavy (non-hydrogen) atoms. The number of hydrogen-bond donors (Lipinski definition) is 0. The summed E-state index contributed by atoms with van der Waals surface area (Å²) in [6, 6.07) is 5.83. The van der Waals surface area contributed by atoms with Crippen molar-refractivity contribution in [1.29, 1.82) is 0 Å². The van der Waals surface area contributed by atoms with Gasteiger partial charge in [-0.25, -0.2) is 8.42 Å². The number of nitrogens with zero attached hydrogens (tertiary/aromatic N) is 1. The van der Waals surface area contributed by atoms with E-state index in [9.17, 15) is 8.42 Å². The van der Waals surface area contributed by atoms with Gasteiger partial charge in [-0.05, 0) is 62.3 Å². The summed E-state index contributed by atoms with van der Waals surface area (Å²) in [5.41, 5.74) is 2.55. The molecule has 1 heterocycles. The maximum Gasteiger partial charge on any atom is 0.243 e. The summed E-state index contributed by atoms with van der Waals surface area (Å²) in [4.78, 5) is 0.488. The lowest BCUT2D eigenvalue weighted by Crippen LogP contribution is -2.41. The van der Waals surface area contributed by atoms with Crippen LogP contribution in [0, 0.1) is 0 Å². The number of rotatable bonds is 2. The molecule has 0 radical (unpaired) electrons. The minimum Gasteiger partial charge on any atom is -0.207 e. The van der Waals surface area contributed by atoms with Gasteiger partial charge in [0.15, 0.2) is 0 Å². The molecule has 1 aliphatic heterocycles. The first-order valence-electron chi connectivity index (χ1n) is 7.23. The van der Waals surface area contributed by atoms with Crippen LogP contribution in [0.2, 0.25) is 0 Å². The van der Waals surface area contributed by atoms with E-state index in [1.807, 2.05) is 19.1 Å². The molecular formula is C15H21NO2S. The monoisotopic (exact) mass is 279 g/mol. The summed E-state index contributed by atoms with van der Waals surface area (Å²) in [6.07, 6.45) is 6.36. The number of piperidine rings is 1. The molecule has 1 atom stereocenters. The molecule has 4 heteroatoms. The lowest BCUT2D eigenvalue weighted by atomic mass is 10.1. The molecule has 1 unspecified atom stereocenters.